The number of hydrogen-bond acceptors (Lipinski definition) is 3. The summed E-state index contributed by atoms with van der Waals surface area (Å²) in [4.78, 5) is 10.8. The minimum Gasteiger partial charge on any atom is -0.369 e. The highest BCUT2D eigenvalue weighted by Crippen LogP contribution is 2.45. The van der Waals surface area contributed by atoms with Crippen molar-refractivity contribution in [3.63, 3.8) is 0 Å². The summed E-state index contributed by atoms with van der Waals surface area (Å²) in [5.74, 6) is -0.393. The zero-order chi connectivity index (χ0) is 9.64. The summed E-state index contributed by atoms with van der Waals surface area (Å²) in [7, 11) is 0. The van der Waals surface area contributed by atoms with Crippen LogP contribution < -0.4 is 5.73 Å². The van der Waals surface area contributed by atoms with Crippen molar-refractivity contribution in [3.05, 3.63) is 0 Å². The van der Waals surface area contributed by atoms with Crippen molar-refractivity contribution in [3.8, 4) is 0 Å². The lowest BCUT2D eigenvalue weighted by molar-refractivity contribution is -0.142. The summed E-state index contributed by atoms with van der Waals surface area (Å²) < 4.78 is 11.0. The number of carbonyl (C=O) groups is 1. The van der Waals surface area contributed by atoms with Crippen molar-refractivity contribution in [2.24, 2.45) is 17.6 Å². The van der Waals surface area contributed by atoms with Crippen molar-refractivity contribution in [1.82, 2.24) is 0 Å². The van der Waals surface area contributed by atoms with Gasteiger partial charge < -0.3 is 15.2 Å². The van der Waals surface area contributed by atoms with Gasteiger partial charge in [-0.05, 0) is 26.2 Å². The van der Waals surface area contributed by atoms with E-state index in [-0.39, 0.29) is 17.9 Å². The number of primary amides is 1. The van der Waals surface area contributed by atoms with Crippen LogP contribution in [0.3, 0.4) is 0 Å². The number of amides is 1. The van der Waals surface area contributed by atoms with E-state index in [0.717, 1.165) is 6.42 Å². The Hall–Kier alpha value is -0.610. The molecule has 0 aromatic rings. The zero-order valence-electron chi connectivity index (χ0n) is 7.95. The van der Waals surface area contributed by atoms with Crippen molar-refractivity contribution in [2.45, 2.75) is 32.2 Å². The van der Waals surface area contributed by atoms with Crippen molar-refractivity contribution in [2.75, 3.05) is 6.61 Å². The van der Waals surface area contributed by atoms with Crippen LogP contribution in [0, 0.1) is 11.8 Å². The first kappa shape index (κ1) is 8.97. The summed E-state index contributed by atoms with van der Waals surface area (Å²) in [5.41, 5.74) is 5.19. The summed E-state index contributed by atoms with van der Waals surface area (Å²) in [6, 6.07) is 0. The molecule has 1 saturated carbocycles. The third-order valence-corrected chi connectivity index (χ3v) is 2.71. The monoisotopic (exact) mass is 185 g/mol. The summed E-state index contributed by atoms with van der Waals surface area (Å²) in [5, 5.41) is 0. The fourth-order valence-electron chi connectivity index (χ4n) is 1.88. The number of hydrogen-bond donors (Lipinski definition) is 1. The molecule has 2 N–H and O–H groups in total. The molecule has 1 heterocycles. The molecule has 0 aromatic heterocycles. The Bertz CT molecular complexity index is 239. The van der Waals surface area contributed by atoms with Gasteiger partial charge in [0.2, 0.25) is 5.91 Å². The van der Waals surface area contributed by atoms with Gasteiger partial charge in [0.05, 0.1) is 12.7 Å². The molecule has 13 heavy (non-hydrogen) atoms. The second kappa shape index (κ2) is 2.69. The minimum absolute atomic E-state index is 0.0162. The normalized spacial score (nSPS) is 41.8. The molecule has 0 bridgehead atoms. The van der Waals surface area contributed by atoms with E-state index in [1.807, 2.05) is 13.8 Å². The van der Waals surface area contributed by atoms with Gasteiger partial charge in [0.1, 0.15) is 0 Å². The highest BCUT2D eigenvalue weighted by atomic mass is 16.7. The maximum absolute atomic E-state index is 10.8. The fraction of sp³-hybridized carbons (Fsp3) is 0.889. The first-order valence-electron chi connectivity index (χ1n) is 4.61. The maximum Gasteiger partial charge on any atom is 0.220 e. The largest absolute Gasteiger partial charge is 0.369 e. The third-order valence-electron chi connectivity index (χ3n) is 2.71. The molecule has 4 nitrogen and oxygen atoms in total. The Balaban J connectivity index is 1.89. The lowest BCUT2D eigenvalue weighted by Gasteiger charge is -2.16. The van der Waals surface area contributed by atoms with Crippen LogP contribution in [0.1, 0.15) is 20.3 Å². The van der Waals surface area contributed by atoms with E-state index in [9.17, 15) is 4.79 Å². The molecule has 1 saturated heterocycles. The molecular formula is C9H15NO3. The molecule has 0 spiro atoms. The molecule has 1 aliphatic heterocycles. The van der Waals surface area contributed by atoms with Gasteiger partial charge in [-0.1, -0.05) is 0 Å². The molecule has 2 fully saturated rings. The van der Waals surface area contributed by atoms with E-state index in [2.05, 4.69) is 0 Å². The van der Waals surface area contributed by atoms with Gasteiger partial charge in [-0.15, -0.1) is 0 Å². The van der Waals surface area contributed by atoms with E-state index in [1.165, 1.54) is 0 Å². The predicted molar refractivity (Wildman–Crippen MR) is 45.7 cm³/mol. The number of ether oxygens (including phenoxy) is 2. The highest BCUT2D eigenvalue weighted by Gasteiger charge is 2.51. The lowest BCUT2D eigenvalue weighted by Crippen LogP contribution is -2.24. The maximum atomic E-state index is 10.8. The van der Waals surface area contributed by atoms with Gasteiger partial charge in [-0.2, -0.15) is 0 Å². The van der Waals surface area contributed by atoms with Gasteiger partial charge >= 0.3 is 0 Å². The Morgan fingerprint density at radius 1 is 1.54 bits per heavy atom. The number of carbonyl (C=O) groups excluding carboxylic acids is 1. The van der Waals surface area contributed by atoms with Crippen LogP contribution in [0.4, 0.5) is 0 Å². The molecular weight excluding hydrogens is 170 g/mol. The Kier molecular flexibility index (Phi) is 1.85. The molecule has 2 aliphatic rings. The SMILES string of the molecule is CC1(C)OC[C@H](C2CC2C(N)=O)O1. The van der Waals surface area contributed by atoms with Gasteiger partial charge in [0.15, 0.2) is 5.79 Å². The molecule has 2 rings (SSSR count). The number of nitrogens with two attached hydrogens (primary N) is 1. The van der Waals surface area contributed by atoms with Crippen LogP contribution >= 0.6 is 0 Å². The molecule has 3 atom stereocenters. The van der Waals surface area contributed by atoms with Crippen LogP contribution in [0.2, 0.25) is 0 Å². The van der Waals surface area contributed by atoms with Crippen LogP contribution in [-0.4, -0.2) is 24.4 Å². The second-order valence-corrected chi connectivity index (χ2v) is 4.28. The van der Waals surface area contributed by atoms with Gasteiger partial charge in [0, 0.05) is 5.92 Å². The number of rotatable bonds is 2. The summed E-state index contributed by atoms with van der Waals surface area (Å²) in [6.45, 7) is 4.35. The Morgan fingerprint density at radius 3 is 2.62 bits per heavy atom. The zero-order valence-corrected chi connectivity index (χ0v) is 7.95. The van der Waals surface area contributed by atoms with E-state index >= 15 is 0 Å². The molecule has 1 amide bonds. The van der Waals surface area contributed by atoms with Crippen LogP contribution in [-0.2, 0) is 14.3 Å². The molecule has 0 radical (unpaired) electrons. The minimum atomic E-state index is -0.491. The van der Waals surface area contributed by atoms with Gasteiger partial charge in [-0.3, -0.25) is 4.79 Å². The molecule has 1 aliphatic carbocycles. The predicted octanol–water partition coefficient (Wildman–Crippen LogP) is 0.259. The van der Waals surface area contributed by atoms with Crippen molar-refractivity contribution in [1.29, 1.82) is 0 Å². The average Bonchev–Trinajstić information content (AvgIpc) is 2.71. The van der Waals surface area contributed by atoms with Gasteiger partial charge in [-0.25, -0.2) is 0 Å². The van der Waals surface area contributed by atoms with Gasteiger partial charge in [0.25, 0.3) is 0 Å². The molecule has 74 valence electrons. The van der Waals surface area contributed by atoms with E-state index in [1.54, 1.807) is 0 Å². The topological polar surface area (TPSA) is 61.5 Å². The van der Waals surface area contributed by atoms with E-state index in [0.29, 0.717) is 12.5 Å². The smallest absolute Gasteiger partial charge is 0.220 e. The van der Waals surface area contributed by atoms with Crippen LogP contribution in [0.15, 0.2) is 0 Å². The summed E-state index contributed by atoms with van der Waals surface area (Å²) in [6.07, 6.45) is 0.923. The average molecular weight is 185 g/mol. The Morgan fingerprint density at radius 2 is 2.23 bits per heavy atom. The second-order valence-electron chi connectivity index (χ2n) is 4.28. The standard InChI is InChI=1S/C9H15NO3/c1-9(2)12-4-7(13-9)5-3-6(5)8(10)11/h5-7H,3-4H2,1-2H3,(H2,10,11)/t5?,6?,7-/m1/s1. The Labute approximate surface area is 77.4 Å². The van der Waals surface area contributed by atoms with Crippen molar-refractivity contribution < 1.29 is 14.3 Å². The molecule has 4 heteroatoms. The van der Waals surface area contributed by atoms with Crippen LogP contribution in [0.5, 0.6) is 0 Å². The van der Waals surface area contributed by atoms with Crippen molar-refractivity contribution >= 4 is 5.91 Å². The molecule has 0 aromatic carbocycles. The first-order valence-corrected chi connectivity index (χ1v) is 4.61. The van der Waals surface area contributed by atoms with Crippen LogP contribution in [0.25, 0.3) is 0 Å². The lowest BCUT2D eigenvalue weighted by atomic mass is 10.2. The third kappa shape index (κ3) is 1.69. The quantitative estimate of drug-likeness (QED) is 0.671. The summed E-state index contributed by atoms with van der Waals surface area (Å²) >= 11 is 0. The first-order chi connectivity index (χ1) is 5.99. The highest BCUT2D eigenvalue weighted by molar-refractivity contribution is 5.79. The fourth-order valence-corrected chi connectivity index (χ4v) is 1.88. The van der Waals surface area contributed by atoms with E-state index < -0.39 is 5.79 Å². The molecule has 2 unspecified atom stereocenters. The van der Waals surface area contributed by atoms with E-state index in [4.69, 9.17) is 15.2 Å².